The second-order valence-electron chi connectivity index (χ2n) is 16.5. The zero-order valence-electron chi connectivity index (χ0n) is 34.5. The van der Waals surface area contributed by atoms with Gasteiger partial charge in [0.05, 0.1) is 16.6 Å². The van der Waals surface area contributed by atoms with Crippen LogP contribution in [-0.4, -0.2) is 19.9 Å². The van der Waals surface area contributed by atoms with Crippen LogP contribution in [0, 0.1) is 0 Å². The van der Waals surface area contributed by atoms with Crippen molar-refractivity contribution in [3.8, 4) is 67.7 Å². The Morgan fingerprint density at radius 2 is 0.844 bits per heavy atom. The smallest absolute Gasteiger partial charge is 0.164 e. The van der Waals surface area contributed by atoms with Crippen molar-refractivity contribution in [3.63, 3.8) is 0 Å². The lowest BCUT2D eigenvalue weighted by atomic mass is 9.67. The van der Waals surface area contributed by atoms with Gasteiger partial charge in [-0.05, 0) is 68.1 Å². The molecule has 1 spiro atoms. The van der Waals surface area contributed by atoms with Crippen LogP contribution < -0.4 is 0 Å². The molecule has 0 N–H and O–H groups in total. The molecule has 0 bridgehead atoms. The summed E-state index contributed by atoms with van der Waals surface area (Å²) in [4.78, 5) is 22.9. The highest BCUT2D eigenvalue weighted by Gasteiger charge is 2.50. The Balaban J connectivity index is 0.977. The Labute approximate surface area is 375 Å². The van der Waals surface area contributed by atoms with Crippen molar-refractivity contribution in [2.24, 2.45) is 0 Å². The summed E-state index contributed by atoms with van der Waals surface area (Å²) in [5, 5.41) is 3.54. The Hall–Kier alpha value is -7.99. The lowest BCUT2D eigenvalue weighted by Crippen LogP contribution is -2.32. The van der Waals surface area contributed by atoms with Gasteiger partial charge in [0.15, 0.2) is 17.5 Å². The van der Waals surface area contributed by atoms with Gasteiger partial charge in [-0.3, -0.25) is 0 Å². The van der Waals surface area contributed by atoms with E-state index in [1.54, 1.807) is 0 Å². The zero-order chi connectivity index (χ0) is 42.2. The van der Waals surface area contributed by atoms with E-state index in [1.807, 2.05) is 72.4 Å². The predicted molar refractivity (Wildman–Crippen MR) is 261 cm³/mol. The fourth-order valence-corrected chi connectivity index (χ4v) is 11.5. The van der Waals surface area contributed by atoms with E-state index in [4.69, 9.17) is 19.9 Å². The summed E-state index contributed by atoms with van der Waals surface area (Å²) >= 11 is 1.88. The minimum atomic E-state index is -0.479. The predicted octanol–water partition coefficient (Wildman–Crippen LogP) is 14.7. The van der Waals surface area contributed by atoms with Gasteiger partial charge in [0.1, 0.15) is 0 Å². The van der Waals surface area contributed by atoms with Gasteiger partial charge in [0, 0.05) is 42.8 Å². The van der Waals surface area contributed by atoms with Crippen molar-refractivity contribution >= 4 is 33.4 Å². The van der Waals surface area contributed by atoms with E-state index in [1.165, 1.54) is 53.9 Å². The van der Waals surface area contributed by atoms with Crippen molar-refractivity contribution < 1.29 is 0 Å². The van der Waals surface area contributed by atoms with Gasteiger partial charge < -0.3 is 0 Å². The molecule has 0 radical (unpaired) electrons. The molecule has 64 heavy (non-hydrogen) atoms. The molecular weight excluding hydrogens is 797 g/mol. The number of nitrogens with zero attached hydrogens (tertiary/aromatic N) is 4. The molecule has 11 aromatic rings. The molecule has 4 nitrogen and oxygen atoms in total. The molecule has 13 rings (SSSR count). The highest BCUT2D eigenvalue weighted by atomic mass is 32.2. The number of rotatable bonds is 5. The molecule has 2 aromatic heterocycles. The van der Waals surface area contributed by atoms with Crippen molar-refractivity contribution in [2.45, 2.75) is 15.2 Å². The van der Waals surface area contributed by atoms with Crippen molar-refractivity contribution in [1.29, 1.82) is 0 Å². The van der Waals surface area contributed by atoms with Crippen LogP contribution >= 0.6 is 11.8 Å². The van der Waals surface area contributed by atoms with E-state index in [-0.39, 0.29) is 0 Å². The first-order valence-electron chi connectivity index (χ1n) is 21.6. The van der Waals surface area contributed by atoms with Crippen LogP contribution in [0.1, 0.15) is 22.3 Å². The van der Waals surface area contributed by atoms with Crippen molar-refractivity contribution in [3.05, 3.63) is 241 Å². The lowest BCUT2D eigenvalue weighted by Gasteiger charge is -2.40. The largest absolute Gasteiger partial charge is 0.247 e. The molecule has 0 unspecified atom stereocenters. The van der Waals surface area contributed by atoms with Crippen molar-refractivity contribution in [1.82, 2.24) is 19.9 Å². The number of para-hydroxylation sites is 1. The second-order valence-corrected chi connectivity index (χ2v) is 17.5. The van der Waals surface area contributed by atoms with Gasteiger partial charge in [-0.1, -0.05) is 212 Å². The minimum absolute atomic E-state index is 0.479. The van der Waals surface area contributed by atoms with Crippen LogP contribution in [0.2, 0.25) is 0 Å². The lowest BCUT2D eigenvalue weighted by molar-refractivity contribution is 0.726. The zero-order valence-corrected chi connectivity index (χ0v) is 35.3. The molecule has 2 aliphatic rings. The van der Waals surface area contributed by atoms with Crippen LogP contribution in [0.15, 0.2) is 228 Å². The Kier molecular flexibility index (Phi) is 8.33. The normalized spacial score (nSPS) is 13.1. The molecule has 0 atom stereocenters. The topological polar surface area (TPSA) is 51.6 Å². The number of benzene rings is 9. The van der Waals surface area contributed by atoms with Gasteiger partial charge in [0.2, 0.25) is 0 Å². The SMILES string of the molecule is c1ccc(-c2nc(-c3ccccc3)nc(-c3ccc(-c4cccc(-c5nc6ccccc6c6ccc7c(c56)Sc5ccccc5C75c6ccccc6-c6ccccc65)c4)cc3)n2)cc1. The highest BCUT2D eigenvalue weighted by Crippen LogP contribution is 2.63. The Bertz CT molecular complexity index is 3540. The summed E-state index contributed by atoms with van der Waals surface area (Å²) in [6, 6.07) is 78.0. The average molecular weight is 833 g/mol. The number of hydrogen-bond acceptors (Lipinski definition) is 5. The molecule has 1 aliphatic heterocycles. The molecule has 3 heterocycles. The fourth-order valence-electron chi connectivity index (χ4n) is 10.2. The van der Waals surface area contributed by atoms with E-state index in [0.29, 0.717) is 17.5 Å². The first-order valence-corrected chi connectivity index (χ1v) is 22.4. The van der Waals surface area contributed by atoms with Gasteiger partial charge in [-0.15, -0.1) is 0 Å². The summed E-state index contributed by atoms with van der Waals surface area (Å²) in [5.74, 6) is 1.92. The van der Waals surface area contributed by atoms with Crippen LogP contribution in [0.5, 0.6) is 0 Å². The molecular formula is C59H36N4S. The monoisotopic (exact) mass is 832 g/mol. The van der Waals surface area contributed by atoms with Crippen LogP contribution in [0.4, 0.5) is 0 Å². The molecule has 0 fully saturated rings. The number of aromatic nitrogens is 4. The summed E-state index contributed by atoms with van der Waals surface area (Å²) in [6.07, 6.45) is 0. The molecule has 298 valence electrons. The first kappa shape index (κ1) is 36.6. The van der Waals surface area contributed by atoms with E-state index in [0.717, 1.165) is 50.0 Å². The molecule has 0 amide bonds. The summed E-state index contributed by atoms with van der Waals surface area (Å²) in [7, 11) is 0. The molecule has 1 aliphatic carbocycles. The maximum atomic E-state index is 5.56. The van der Waals surface area contributed by atoms with E-state index in [9.17, 15) is 0 Å². The molecule has 0 saturated heterocycles. The standard InChI is InChI=1S/C59H36N4S/c1-3-16-38(17-4-1)56-61-57(39-18-5-2-6-19-39)63-58(62-56)40-32-30-37(31-33-40)41-20-15-21-42(36-41)54-53-46(45-24-9-13-28-51(45)60-54)34-35-50-55(53)64-52-29-14-12-27-49(52)59(50)47-25-10-7-22-43(47)44-23-8-11-26-48(44)59/h1-36H. The van der Waals surface area contributed by atoms with Gasteiger partial charge in [-0.25, -0.2) is 19.9 Å². The summed E-state index contributed by atoms with van der Waals surface area (Å²) in [6.45, 7) is 0. The maximum absolute atomic E-state index is 5.56. The van der Waals surface area contributed by atoms with Gasteiger partial charge >= 0.3 is 0 Å². The van der Waals surface area contributed by atoms with Crippen LogP contribution in [0.25, 0.3) is 89.4 Å². The van der Waals surface area contributed by atoms with Crippen molar-refractivity contribution in [2.75, 3.05) is 0 Å². The van der Waals surface area contributed by atoms with Crippen LogP contribution in [-0.2, 0) is 5.41 Å². The highest BCUT2D eigenvalue weighted by molar-refractivity contribution is 7.99. The van der Waals surface area contributed by atoms with E-state index in [2.05, 4.69) is 158 Å². The van der Waals surface area contributed by atoms with E-state index < -0.39 is 5.41 Å². The third-order valence-corrected chi connectivity index (χ3v) is 14.2. The minimum Gasteiger partial charge on any atom is -0.247 e. The first-order chi connectivity index (χ1) is 31.7. The summed E-state index contributed by atoms with van der Waals surface area (Å²) in [5.41, 5.74) is 15.5. The Morgan fingerprint density at radius 1 is 0.328 bits per heavy atom. The number of hydrogen-bond donors (Lipinski definition) is 0. The van der Waals surface area contributed by atoms with Gasteiger partial charge in [0.25, 0.3) is 0 Å². The maximum Gasteiger partial charge on any atom is 0.164 e. The molecule has 5 heteroatoms. The quantitative estimate of drug-likeness (QED) is 0.162. The molecule has 9 aromatic carbocycles. The molecule has 0 saturated carbocycles. The number of fused-ring (bicyclic) bond motifs is 13. The second kappa shape index (κ2) is 14.6. The average Bonchev–Trinajstić information content (AvgIpc) is 3.67. The Morgan fingerprint density at radius 3 is 1.52 bits per heavy atom. The number of pyridine rings is 1. The summed E-state index contributed by atoms with van der Waals surface area (Å²) < 4.78 is 0. The third-order valence-electron chi connectivity index (χ3n) is 13.0. The fraction of sp³-hybridized carbons (Fsp3) is 0.0169. The van der Waals surface area contributed by atoms with E-state index >= 15 is 0 Å². The third kappa shape index (κ3) is 5.57. The van der Waals surface area contributed by atoms with Gasteiger partial charge in [-0.2, -0.15) is 0 Å². The van der Waals surface area contributed by atoms with Crippen LogP contribution in [0.3, 0.4) is 0 Å².